The van der Waals surface area contributed by atoms with E-state index in [9.17, 15) is 9.18 Å². The van der Waals surface area contributed by atoms with Crippen LogP contribution in [0.25, 0.3) is 5.82 Å². The Morgan fingerprint density at radius 2 is 2.04 bits per heavy atom. The molecule has 0 radical (unpaired) electrons. The van der Waals surface area contributed by atoms with Gasteiger partial charge < -0.3 is 4.90 Å². The molecule has 1 aromatic carbocycles. The number of rotatable bonds is 4. The number of pyridine rings is 1. The lowest BCUT2D eigenvalue weighted by atomic mass is 10.1. The summed E-state index contributed by atoms with van der Waals surface area (Å²) in [7, 11) is 0. The van der Waals surface area contributed by atoms with Gasteiger partial charge in [0, 0.05) is 30.9 Å². The molecule has 2 aromatic heterocycles. The number of carbonyl (C=O) groups excluding carboxylic acids is 1. The number of nitrogens with zero attached hydrogens (tertiary/aromatic N) is 4. The van der Waals surface area contributed by atoms with Crippen LogP contribution in [0.3, 0.4) is 0 Å². The maximum absolute atomic E-state index is 13.2. The second-order valence-electron chi connectivity index (χ2n) is 6.65. The molecule has 1 atom stereocenters. The van der Waals surface area contributed by atoms with Crippen molar-refractivity contribution in [3.8, 4) is 5.82 Å². The van der Waals surface area contributed by atoms with E-state index >= 15 is 0 Å². The van der Waals surface area contributed by atoms with Crippen LogP contribution in [-0.2, 0) is 6.42 Å². The molecule has 0 unspecified atom stereocenters. The maximum atomic E-state index is 13.2. The van der Waals surface area contributed by atoms with Crippen LogP contribution in [-0.4, -0.2) is 31.9 Å². The molecule has 0 spiro atoms. The molecule has 0 bridgehead atoms. The largest absolute Gasteiger partial charge is 0.330 e. The van der Waals surface area contributed by atoms with Crippen molar-refractivity contribution in [2.24, 2.45) is 0 Å². The Morgan fingerprint density at radius 1 is 1.22 bits per heavy atom. The summed E-state index contributed by atoms with van der Waals surface area (Å²) in [5.74, 6) is 1.33. The van der Waals surface area contributed by atoms with E-state index < -0.39 is 0 Å². The van der Waals surface area contributed by atoms with Crippen LogP contribution in [0, 0.1) is 5.82 Å². The number of imidazole rings is 1. The molecule has 0 N–H and O–H groups in total. The van der Waals surface area contributed by atoms with Gasteiger partial charge in [-0.15, -0.1) is 0 Å². The first-order chi connectivity index (χ1) is 13.2. The fraction of sp³-hybridized carbons (Fsp3) is 0.286. The molecule has 4 rings (SSSR count). The number of aromatic nitrogens is 3. The van der Waals surface area contributed by atoms with Gasteiger partial charge in [-0.05, 0) is 49.2 Å². The molecule has 27 heavy (non-hydrogen) atoms. The molecule has 5 nitrogen and oxygen atoms in total. The average molecular weight is 364 g/mol. The molecule has 1 fully saturated rings. The molecule has 3 aromatic rings. The minimum Gasteiger partial charge on any atom is -0.330 e. The van der Waals surface area contributed by atoms with E-state index in [2.05, 4.69) is 11.9 Å². The first kappa shape index (κ1) is 17.4. The van der Waals surface area contributed by atoms with Gasteiger partial charge in [0.2, 0.25) is 0 Å². The molecule has 1 amide bonds. The van der Waals surface area contributed by atoms with Crippen molar-refractivity contribution < 1.29 is 9.18 Å². The lowest BCUT2D eigenvalue weighted by Gasteiger charge is -2.25. The summed E-state index contributed by atoms with van der Waals surface area (Å²) in [4.78, 5) is 23.9. The molecule has 1 saturated heterocycles. The van der Waals surface area contributed by atoms with E-state index in [4.69, 9.17) is 4.98 Å². The Kier molecular flexibility index (Phi) is 4.71. The van der Waals surface area contributed by atoms with Gasteiger partial charge in [-0.25, -0.2) is 14.4 Å². The number of hydrogen-bond donors (Lipinski definition) is 0. The summed E-state index contributed by atoms with van der Waals surface area (Å²) in [5.41, 5.74) is 1.37. The van der Waals surface area contributed by atoms with E-state index in [1.165, 1.54) is 24.3 Å². The molecule has 6 heteroatoms. The van der Waals surface area contributed by atoms with Crippen LogP contribution < -0.4 is 0 Å². The second-order valence-corrected chi connectivity index (χ2v) is 6.65. The standard InChI is InChI=1S/C21H21FN4O/c1-2-19-23-12-14-26(19)20-7-3-5-17(24-20)18-6-4-13-25(18)21(27)15-8-10-16(22)11-9-15/h3,5,7-12,14,18H,2,4,6,13H2,1H3/t18-/m1/s1. The van der Waals surface area contributed by atoms with Crippen LogP contribution in [0.2, 0.25) is 0 Å². The fourth-order valence-electron chi connectivity index (χ4n) is 3.64. The monoisotopic (exact) mass is 364 g/mol. The molecule has 3 heterocycles. The first-order valence-electron chi connectivity index (χ1n) is 9.23. The lowest BCUT2D eigenvalue weighted by Crippen LogP contribution is -2.31. The number of benzene rings is 1. The van der Waals surface area contributed by atoms with Gasteiger partial charge in [0.1, 0.15) is 17.5 Å². The van der Waals surface area contributed by atoms with Crippen LogP contribution in [0.4, 0.5) is 4.39 Å². The van der Waals surface area contributed by atoms with Gasteiger partial charge >= 0.3 is 0 Å². The Labute approximate surface area is 157 Å². The van der Waals surface area contributed by atoms with E-state index in [1.807, 2.05) is 33.9 Å². The molecular weight excluding hydrogens is 343 g/mol. The van der Waals surface area contributed by atoms with Crippen molar-refractivity contribution in [2.45, 2.75) is 32.2 Å². The zero-order chi connectivity index (χ0) is 18.8. The Morgan fingerprint density at radius 3 is 2.81 bits per heavy atom. The summed E-state index contributed by atoms with van der Waals surface area (Å²) in [6.45, 7) is 2.74. The third kappa shape index (κ3) is 3.35. The van der Waals surface area contributed by atoms with Gasteiger partial charge in [-0.1, -0.05) is 13.0 Å². The summed E-state index contributed by atoms with van der Waals surface area (Å²) in [6, 6.07) is 11.5. The highest BCUT2D eigenvalue weighted by Gasteiger charge is 2.31. The minimum atomic E-state index is -0.342. The van der Waals surface area contributed by atoms with Crippen LogP contribution >= 0.6 is 0 Å². The van der Waals surface area contributed by atoms with Crippen molar-refractivity contribution >= 4 is 5.91 Å². The molecule has 0 aliphatic carbocycles. The number of halogens is 1. The number of likely N-dealkylation sites (tertiary alicyclic amines) is 1. The molecule has 1 aliphatic heterocycles. The average Bonchev–Trinajstić information content (AvgIpc) is 3.37. The van der Waals surface area contributed by atoms with Crippen LogP contribution in [0.5, 0.6) is 0 Å². The van der Waals surface area contributed by atoms with E-state index in [-0.39, 0.29) is 17.8 Å². The fourth-order valence-corrected chi connectivity index (χ4v) is 3.64. The van der Waals surface area contributed by atoms with Crippen molar-refractivity contribution in [2.75, 3.05) is 6.54 Å². The summed E-state index contributed by atoms with van der Waals surface area (Å²) in [5, 5.41) is 0. The molecule has 138 valence electrons. The van der Waals surface area contributed by atoms with Gasteiger partial charge in [-0.2, -0.15) is 0 Å². The smallest absolute Gasteiger partial charge is 0.254 e. The normalized spacial score (nSPS) is 16.7. The van der Waals surface area contributed by atoms with E-state index in [0.29, 0.717) is 12.1 Å². The van der Waals surface area contributed by atoms with Crippen molar-refractivity contribution in [1.29, 1.82) is 0 Å². The minimum absolute atomic E-state index is 0.0731. The Balaban J connectivity index is 1.63. The van der Waals surface area contributed by atoms with Gasteiger partial charge in [0.05, 0.1) is 11.7 Å². The number of aryl methyl sites for hydroxylation is 1. The summed E-state index contributed by atoms with van der Waals surface area (Å²) < 4.78 is 15.1. The maximum Gasteiger partial charge on any atom is 0.254 e. The second kappa shape index (κ2) is 7.31. The number of carbonyl (C=O) groups is 1. The SMILES string of the molecule is CCc1nccn1-c1cccc([C@H]2CCCN2C(=O)c2ccc(F)cc2)n1. The lowest BCUT2D eigenvalue weighted by molar-refractivity contribution is 0.0733. The van der Waals surface area contributed by atoms with E-state index in [0.717, 1.165) is 36.6 Å². The third-order valence-electron chi connectivity index (χ3n) is 4.98. The van der Waals surface area contributed by atoms with Crippen molar-refractivity contribution in [3.63, 3.8) is 0 Å². The van der Waals surface area contributed by atoms with Gasteiger partial charge in [0.15, 0.2) is 0 Å². The summed E-state index contributed by atoms with van der Waals surface area (Å²) >= 11 is 0. The van der Waals surface area contributed by atoms with Gasteiger partial charge in [0.25, 0.3) is 5.91 Å². The highest BCUT2D eigenvalue weighted by atomic mass is 19.1. The molecular formula is C21H21FN4O. The highest BCUT2D eigenvalue weighted by Crippen LogP contribution is 2.32. The number of amides is 1. The van der Waals surface area contributed by atoms with Crippen LogP contribution in [0.1, 0.15) is 47.7 Å². The Hall–Kier alpha value is -3.02. The Bertz CT molecular complexity index is 951. The number of hydrogen-bond acceptors (Lipinski definition) is 3. The van der Waals surface area contributed by atoms with Crippen LogP contribution in [0.15, 0.2) is 54.9 Å². The van der Waals surface area contributed by atoms with E-state index in [1.54, 1.807) is 6.20 Å². The quantitative estimate of drug-likeness (QED) is 0.704. The highest BCUT2D eigenvalue weighted by molar-refractivity contribution is 5.94. The molecule has 0 saturated carbocycles. The predicted octanol–water partition coefficient (Wildman–Crippen LogP) is 3.95. The zero-order valence-corrected chi connectivity index (χ0v) is 15.2. The first-order valence-corrected chi connectivity index (χ1v) is 9.23. The molecule has 1 aliphatic rings. The third-order valence-corrected chi connectivity index (χ3v) is 4.98. The van der Waals surface area contributed by atoms with Crippen molar-refractivity contribution in [1.82, 2.24) is 19.4 Å². The zero-order valence-electron chi connectivity index (χ0n) is 15.2. The van der Waals surface area contributed by atoms with Gasteiger partial charge in [-0.3, -0.25) is 9.36 Å². The predicted molar refractivity (Wildman–Crippen MR) is 100 cm³/mol. The topological polar surface area (TPSA) is 51.0 Å². The van der Waals surface area contributed by atoms with Crippen molar-refractivity contribution in [3.05, 3.63) is 77.8 Å². The summed E-state index contributed by atoms with van der Waals surface area (Å²) in [6.07, 6.45) is 6.29.